The van der Waals surface area contributed by atoms with Crippen molar-refractivity contribution in [2.45, 2.75) is 32.0 Å². The van der Waals surface area contributed by atoms with Crippen LogP contribution in [0, 0.1) is 5.82 Å². The van der Waals surface area contributed by atoms with Crippen LogP contribution < -0.4 is 5.32 Å². The van der Waals surface area contributed by atoms with Crippen molar-refractivity contribution in [2.75, 3.05) is 13.1 Å². The molecule has 2 aromatic rings. The average Bonchev–Trinajstić information content (AvgIpc) is 2.57. The second kappa shape index (κ2) is 10.7. The fraction of sp³-hybridized carbons (Fsp3) is 0.368. The van der Waals surface area contributed by atoms with Crippen molar-refractivity contribution in [3.05, 3.63) is 71.5 Å². The molecule has 0 unspecified atom stereocenters. The second-order valence-electron chi connectivity index (χ2n) is 6.04. The maximum absolute atomic E-state index is 12.9. The van der Waals surface area contributed by atoms with Gasteiger partial charge in [-0.2, -0.15) is 0 Å². The number of hydrogen-bond acceptors (Lipinski definition) is 2. The summed E-state index contributed by atoms with van der Waals surface area (Å²) >= 11 is 0. The molecule has 0 spiro atoms. The molecule has 2 aromatic carbocycles. The highest BCUT2D eigenvalue weighted by atomic mass is 35.5. The molecule has 0 aromatic heterocycles. The Morgan fingerprint density at radius 2 is 1.50 bits per heavy atom. The third kappa shape index (κ3) is 6.40. The van der Waals surface area contributed by atoms with E-state index in [2.05, 4.69) is 40.5 Å². The van der Waals surface area contributed by atoms with E-state index in [9.17, 15) is 4.39 Å². The molecule has 1 fully saturated rings. The topological polar surface area (TPSA) is 15.3 Å². The average molecular weight is 371 g/mol. The van der Waals surface area contributed by atoms with Crippen molar-refractivity contribution < 1.29 is 4.39 Å². The molecule has 1 aliphatic rings. The van der Waals surface area contributed by atoms with E-state index in [0.29, 0.717) is 6.04 Å². The lowest BCUT2D eigenvalue weighted by molar-refractivity contribution is 0.190. The molecular weight excluding hydrogens is 346 g/mol. The van der Waals surface area contributed by atoms with Gasteiger partial charge in [0.2, 0.25) is 0 Å². The van der Waals surface area contributed by atoms with Crippen molar-refractivity contribution in [1.29, 1.82) is 0 Å². The molecule has 0 saturated carbocycles. The van der Waals surface area contributed by atoms with Gasteiger partial charge in [0.25, 0.3) is 0 Å². The third-order valence-corrected chi connectivity index (χ3v) is 4.34. The number of likely N-dealkylation sites (tertiary alicyclic amines) is 1. The van der Waals surface area contributed by atoms with Crippen LogP contribution >= 0.6 is 24.8 Å². The zero-order valence-corrected chi connectivity index (χ0v) is 15.3. The van der Waals surface area contributed by atoms with Crippen molar-refractivity contribution in [1.82, 2.24) is 10.2 Å². The highest BCUT2D eigenvalue weighted by Gasteiger charge is 2.18. The van der Waals surface area contributed by atoms with Crippen molar-refractivity contribution in [2.24, 2.45) is 0 Å². The third-order valence-electron chi connectivity index (χ3n) is 4.34. The largest absolute Gasteiger partial charge is 0.310 e. The predicted molar refractivity (Wildman–Crippen MR) is 102 cm³/mol. The highest BCUT2D eigenvalue weighted by Crippen LogP contribution is 2.14. The van der Waals surface area contributed by atoms with Gasteiger partial charge in [-0.3, -0.25) is 4.90 Å². The number of nitrogens with zero attached hydrogens (tertiary/aromatic N) is 1. The monoisotopic (exact) mass is 370 g/mol. The normalized spacial score (nSPS) is 15.4. The second-order valence-corrected chi connectivity index (χ2v) is 6.04. The molecule has 0 bridgehead atoms. The molecular formula is C19H25Cl2FN2. The summed E-state index contributed by atoms with van der Waals surface area (Å²) in [5, 5.41) is 3.59. The summed E-state index contributed by atoms with van der Waals surface area (Å²) in [4.78, 5) is 2.52. The summed E-state index contributed by atoms with van der Waals surface area (Å²) < 4.78 is 12.9. The van der Waals surface area contributed by atoms with Crippen LogP contribution in [0.25, 0.3) is 0 Å². The lowest BCUT2D eigenvalue weighted by atomic mass is 10.0. The van der Waals surface area contributed by atoms with E-state index in [1.807, 2.05) is 12.1 Å². The van der Waals surface area contributed by atoms with Crippen molar-refractivity contribution in [3.63, 3.8) is 0 Å². The van der Waals surface area contributed by atoms with Gasteiger partial charge in [-0.25, -0.2) is 4.39 Å². The fourth-order valence-electron chi connectivity index (χ4n) is 3.00. The number of hydrogen-bond donors (Lipinski definition) is 1. The maximum atomic E-state index is 12.9. The van der Waals surface area contributed by atoms with Crippen LogP contribution in [0.15, 0.2) is 54.6 Å². The van der Waals surface area contributed by atoms with Crippen LogP contribution in [0.4, 0.5) is 4.39 Å². The predicted octanol–water partition coefficient (Wildman–Crippen LogP) is 4.42. The smallest absolute Gasteiger partial charge is 0.123 e. The first-order chi connectivity index (χ1) is 10.8. The first-order valence-corrected chi connectivity index (χ1v) is 8.04. The van der Waals surface area contributed by atoms with Crippen LogP contribution in [0.3, 0.4) is 0 Å². The Bertz CT molecular complexity index is 570. The molecule has 1 saturated heterocycles. The minimum Gasteiger partial charge on any atom is -0.310 e. The first-order valence-electron chi connectivity index (χ1n) is 8.04. The lowest BCUT2D eigenvalue weighted by Gasteiger charge is -2.32. The Hall–Kier alpha value is -1.13. The van der Waals surface area contributed by atoms with Crippen molar-refractivity contribution >= 4 is 24.8 Å². The van der Waals surface area contributed by atoms with Crippen LogP contribution in [0.5, 0.6) is 0 Å². The molecule has 1 heterocycles. The number of piperidine rings is 1. The van der Waals surface area contributed by atoms with Gasteiger partial charge in [0.1, 0.15) is 5.82 Å². The van der Waals surface area contributed by atoms with Gasteiger partial charge >= 0.3 is 0 Å². The van der Waals surface area contributed by atoms with Crippen LogP contribution in [0.1, 0.15) is 24.0 Å². The highest BCUT2D eigenvalue weighted by molar-refractivity contribution is 5.85. The Balaban J connectivity index is 0.00000144. The Labute approximate surface area is 156 Å². The van der Waals surface area contributed by atoms with Gasteiger partial charge in [0.15, 0.2) is 0 Å². The maximum Gasteiger partial charge on any atom is 0.123 e. The molecule has 1 N–H and O–H groups in total. The van der Waals surface area contributed by atoms with Gasteiger partial charge in [-0.15, -0.1) is 24.8 Å². The quantitative estimate of drug-likeness (QED) is 0.837. The molecule has 24 heavy (non-hydrogen) atoms. The molecule has 3 rings (SSSR count). The van der Waals surface area contributed by atoms with E-state index >= 15 is 0 Å². The summed E-state index contributed by atoms with van der Waals surface area (Å²) in [5.74, 6) is -0.169. The first kappa shape index (κ1) is 20.9. The summed E-state index contributed by atoms with van der Waals surface area (Å²) in [6.45, 7) is 4.14. The van der Waals surface area contributed by atoms with Gasteiger partial charge in [-0.1, -0.05) is 42.5 Å². The fourth-order valence-corrected chi connectivity index (χ4v) is 3.00. The van der Waals surface area contributed by atoms with Gasteiger partial charge in [0.05, 0.1) is 0 Å². The van der Waals surface area contributed by atoms with Gasteiger partial charge in [0, 0.05) is 19.1 Å². The van der Waals surface area contributed by atoms with E-state index in [-0.39, 0.29) is 30.6 Å². The molecule has 0 aliphatic carbocycles. The van der Waals surface area contributed by atoms with Gasteiger partial charge in [-0.05, 0) is 49.2 Å². The number of rotatable bonds is 5. The molecule has 1 aliphatic heterocycles. The van der Waals surface area contributed by atoms with Gasteiger partial charge < -0.3 is 5.32 Å². The summed E-state index contributed by atoms with van der Waals surface area (Å²) in [6, 6.07) is 18.0. The minimum absolute atomic E-state index is 0. The zero-order chi connectivity index (χ0) is 15.2. The number of nitrogens with one attached hydrogen (secondary N) is 1. The van der Waals surface area contributed by atoms with E-state index in [4.69, 9.17) is 0 Å². The zero-order valence-electron chi connectivity index (χ0n) is 13.7. The number of benzene rings is 2. The van der Waals surface area contributed by atoms with Crippen LogP contribution in [-0.4, -0.2) is 24.0 Å². The minimum atomic E-state index is -0.169. The molecule has 2 nitrogen and oxygen atoms in total. The van der Waals surface area contributed by atoms with E-state index in [1.54, 1.807) is 0 Å². The molecule has 0 amide bonds. The lowest BCUT2D eigenvalue weighted by Crippen LogP contribution is -2.41. The molecule has 5 heteroatoms. The number of halogens is 3. The summed E-state index contributed by atoms with van der Waals surface area (Å²) in [6.07, 6.45) is 2.35. The summed E-state index contributed by atoms with van der Waals surface area (Å²) in [7, 11) is 0. The van der Waals surface area contributed by atoms with E-state index in [0.717, 1.165) is 31.7 Å². The molecule has 0 radical (unpaired) electrons. The van der Waals surface area contributed by atoms with Crippen LogP contribution in [0.2, 0.25) is 0 Å². The van der Waals surface area contributed by atoms with Crippen molar-refractivity contribution in [3.8, 4) is 0 Å². The Kier molecular flexibility index (Phi) is 9.30. The molecule has 132 valence electrons. The standard InChI is InChI=1S/C19H23FN2.2ClH/c20-18-8-6-16(7-9-18)14-21-19-10-12-22(13-11-19)15-17-4-2-1-3-5-17;;/h1-9,19,21H,10-15H2;2*1H. The van der Waals surface area contributed by atoms with E-state index < -0.39 is 0 Å². The SMILES string of the molecule is Cl.Cl.Fc1ccc(CNC2CCN(Cc3ccccc3)CC2)cc1. The summed E-state index contributed by atoms with van der Waals surface area (Å²) in [5.41, 5.74) is 2.54. The molecule has 0 atom stereocenters. The van der Waals surface area contributed by atoms with E-state index in [1.165, 1.54) is 30.5 Å². The van der Waals surface area contributed by atoms with Crippen LogP contribution in [-0.2, 0) is 13.1 Å². The Morgan fingerprint density at radius 3 is 2.12 bits per heavy atom. The Morgan fingerprint density at radius 1 is 0.875 bits per heavy atom.